The van der Waals surface area contributed by atoms with Gasteiger partial charge >= 0.3 is 0 Å². The molecule has 1 rings (SSSR count). The van der Waals surface area contributed by atoms with Crippen molar-refractivity contribution in [2.45, 2.75) is 63.7 Å². The molecule has 0 bridgehead atoms. The van der Waals surface area contributed by atoms with Crippen LogP contribution in [0.4, 0.5) is 0 Å². The third-order valence-corrected chi connectivity index (χ3v) is 6.37. The summed E-state index contributed by atoms with van der Waals surface area (Å²) in [5.41, 5.74) is 0. The smallest absolute Gasteiger partial charge is 0.155 e. The second-order valence-electron chi connectivity index (χ2n) is 6.16. The van der Waals surface area contributed by atoms with Gasteiger partial charge in [-0.3, -0.25) is 0 Å². The van der Waals surface area contributed by atoms with Gasteiger partial charge in [-0.05, 0) is 59.4 Å². The van der Waals surface area contributed by atoms with Gasteiger partial charge in [0.05, 0.1) is 10.5 Å². The van der Waals surface area contributed by atoms with Crippen LogP contribution in [0.1, 0.15) is 52.9 Å². The molecular formula is C13H27NO2S. The molecule has 17 heavy (non-hydrogen) atoms. The minimum atomic E-state index is -2.93. The monoisotopic (exact) mass is 261 g/mol. The van der Waals surface area contributed by atoms with Crippen molar-refractivity contribution >= 4 is 9.84 Å². The van der Waals surface area contributed by atoms with Gasteiger partial charge in [-0.15, -0.1) is 0 Å². The molecule has 1 unspecified atom stereocenters. The fourth-order valence-corrected chi connectivity index (χ4v) is 3.27. The molecule has 1 atom stereocenters. The Bertz CT molecular complexity index is 326. The molecule has 4 heteroatoms. The third kappa shape index (κ3) is 4.59. The molecule has 1 N–H and O–H groups in total. The molecule has 1 fully saturated rings. The molecule has 0 amide bonds. The van der Waals surface area contributed by atoms with Crippen LogP contribution in [-0.4, -0.2) is 32.0 Å². The van der Waals surface area contributed by atoms with Crippen LogP contribution < -0.4 is 5.32 Å². The maximum atomic E-state index is 11.9. The van der Waals surface area contributed by atoms with Crippen molar-refractivity contribution < 1.29 is 8.42 Å². The molecule has 0 radical (unpaired) electrons. The van der Waals surface area contributed by atoms with Crippen LogP contribution in [0.3, 0.4) is 0 Å². The highest BCUT2D eigenvalue weighted by Crippen LogP contribution is 2.34. The van der Waals surface area contributed by atoms with Crippen molar-refractivity contribution in [3.63, 3.8) is 0 Å². The summed E-state index contributed by atoms with van der Waals surface area (Å²) in [6, 6.07) is 0.604. The summed E-state index contributed by atoms with van der Waals surface area (Å²) < 4.78 is 23.2. The molecular weight excluding hydrogens is 234 g/mol. The van der Waals surface area contributed by atoms with Crippen molar-refractivity contribution in [3.05, 3.63) is 0 Å². The first-order valence-electron chi connectivity index (χ1n) is 6.67. The summed E-state index contributed by atoms with van der Waals surface area (Å²) in [6.45, 7) is 5.34. The maximum Gasteiger partial charge on any atom is 0.155 e. The topological polar surface area (TPSA) is 46.2 Å². The van der Waals surface area contributed by atoms with Crippen LogP contribution in [0, 0.1) is 5.92 Å². The molecule has 0 heterocycles. The summed E-state index contributed by atoms with van der Waals surface area (Å²) in [5, 5.41) is 3.34. The number of hydrogen-bond acceptors (Lipinski definition) is 3. The lowest BCUT2D eigenvalue weighted by Gasteiger charge is -2.19. The number of nitrogens with one attached hydrogen (secondary N) is 1. The van der Waals surface area contributed by atoms with Gasteiger partial charge in [0.1, 0.15) is 0 Å². The zero-order chi connectivity index (χ0) is 13.1. The number of unbranched alkanes of at least 4 members (excludes halogenated alkanes) is 1. The Morgan fingerprint density at radius 2 is 1.82 bits per heavy atom. The van der Waals surface area contributed by atoms with Crippen molar-refractivity contribution in [1.82, 2.24) is 5.32 Å². The van der Waals surface area contributed by atoms with Crippen LogP contribution in [0.5, 0.6) is 0 Å². The zero-order valence-electron chi connectivity index (χ0n) is 11.6. The molecule has 102 valence electrons. The van der Waals surface area contributed by atoms with E-state index in [2.05, 4.69) is 5.32 Å². The summed E-state index contributed by atoms with van der Waals surface area (Å²) in [6.07, 6.45) is 5.60. The normalized spacial score (nSPS) is 19.3. The first-order valence-corrected chi connectivity index (χ1v) is 8.33. The standard InChI is InChI=1S/C13H27NO2S/c1-13(2,3)17(15,16)10-6-5-7-12(14-4)11-8-9-11/h11-12,14H,5-10H2,1-4H3. The molecule has 0 saturated heterocycles. The van der Waals surface area contributed by atoms with Gasteiger partial charge in [0.2, 0.25) is 0 Å². The Labute approximate surface area is 106 Å². The Balaban J connectivity index is 2.24. The van der Waals surface area contributed by atoms with Gasteiger partial charge in [0, 0.05) is 6.04 Å². The molecule has 0 aromatic carbocycles. The van der Waals surface area contributed by atoms with Crippen molar-refractivity contribution in [2.24, 2.45) is 5.92 Å². The second-order valence-corrected chi connectivity index (χ2v) is 9.02. The largest absolute Gasteiger partial charge is 0.317 e. The van der Waals surface area contributed by atoms with E-state index < -0.39 is 14.6 Å². The van der Waals surface area contributed by atoms with Crippen LogP contribution in [-0.2, 0) is 9.84 Å². The zero-order valence-corrected chi connectivity index (χ0v) is 12.4. The van der Waals surface area contributed by atoms with Crippen molar-refractivity contribution in [2.75, 3.05) is 12.8 Å². The Morgan fingerprint density at radius 3 is 2.24 bits per heavy atom. The fourth-order valence-electron chi connectivity index (χ4n) is 2.08. The van der Waals surface area contributed by atoms with E-state index in [-0.39, 0.29) is 0 Å². The lowest BCUT2D eigenvalue weighted by Crippen LogP contribution is -2.31. The maximum absolute atomic E-state index is 11.9. The van der Waals surface area contributed by atoms with E-state index in [1.807, 2.05) is 7.05 Å². The fraction of sp³-hybridized carbons (Fsp3) is 1.00. The lowest BCUT2D eigenvalue weighted by molar-refractivity contribution is 0.453. The SMILES string of the molecule is CNC(CCCCS(=O)(=O)C(C)(C)C)C1CC1. The molecule has 1 aliphatic rings. The van der Waals surface area contributed by atoms with E-state index in [4.69, 9.17) is 0 Å². The average Bonchev–Trinajstić information content (AvgIpc) is 3.00. The first-order chi connectivity index (χ1) is 7.78. The molecule has 0 aromatic heterocycles. The highest BCUT2D eigenvalue weighted by atomic mass is 32.2. The quantitative estimate of drug-likeness (QED) is 0.716. The van der Waals surface area contributed by atoms with Crippen LogP contribution in [0.15, 0.2) is 0 Å². The molecule has 1 saturated carbocycles. The number of sulfone groups is 1. The van der Waals surface area contributed by atoms with Crippen molar-refractivity contribution in [3.8, 4) is 0 Å². The molecule has 0 aliphatic heterocycles. The average molecular weight is 261 g/mol. The summed E-state index contributed by atoms with van der Waals surface area (Å²) in [7, 11) is -0.919. The van der Waals surface area contributed by atoms with E-state index in [9.17, 15) is 8.42 Å². The second kappa shape index (κ2) is 5.70. The van der Waals surface area contributed by atoms with Gasteiger partial charge in [-0.25, -0.2) is 8.42 Å². The summed E-state index contributed by atoms with van der Waals surface area (Å²) in [5.74, 6) is 1.18. The van der Waals surface area contributed by atoms with Gasteiger partial charge in [0.15, 0.2) is 9.84 Å². The minimum absolute atomic E-state index is 0.331. The first kappa shape index (κ1) is 15.0. The summed E-state index contributed by atoms with van der Waals surface area (Å²) in [4.78, 5) is 0. The van der Waals surface area contributed by atoms with Crippen LogP contribution in [0.25, 0.3) is 0 Å². The molecule has 1 aliphatic carbocycles. The predicted octanol–water partition coefficient (Wildman–Crippen LogP) is 2.37. The Morgan fingerprint density at radius 1 is 1.24 bits per heavy atom. The van der Waals surface area contributed by atoms with Gasteiger partial charge in [-0.2, -0.15) is 0 Å². The lowest BCUT2D eigenvalue weighted by atomic mass is 10.1. The van der Waals surface area contributed by atoms with E-state index >= 15 is 0 Å². The Kier molecular flexibility index (Phi) is 5.02. The number of rotatable bonds is 7. The molecule has 0 spiro atoms. The van der Waals surface area contributed by atoms with E-state index in [1.165, 1.54) is 12.8 Å². The van der Waals surface area contributed by atoms with Crippen molar-refractivity contribution in [1.29, 1.82) is 0 Å². The van der Waals surface area contributed by atoms with Gasteiger partial charge < -0.3 is 5.32 Å². The van der Waals surface area contributed by atoms with Crippen LogP contribution >= 0.6 is 0 Å². The Hall–Kier alpha value is -0.0900. The summed E-state index contributed by atoms with van der Waals surface area (Å²) >= 11 is 0. The van der Waals surface area contributed by atoms with Gasteiger partial charge in [-0.1, -0.05) is 6.42 Å². The predicted molar refractivity (Wildman–Crippen MR) is 73.0 cm³/mol. The molecule has 0 aromatic rings. The minimum Gasteiger partial charge on any atom is -0.317 e. The molecule has 3 nitrogen and oxygen atoms in total. The van der Waals surface area contributed by atoms with E-state index in [1.54, 1.807) is 20.8 Å². The van der Waals surface area contributed by atoms with E-state index in [0.29, 0.717) is 11.8 Å². The number of hydrogen-bond donors (Lipinski definition) is 1. The highest BCUT2D eigenvalue weighted by molar-refractivity contribution is 7.92. The highest BCUT2D eigenvalue weighted by Gasteiger charge is 2.30. The third-order valence-electron chi connectivity index (χ3n) is 3.67. The van der Waals surface area contributed by atoms with Crippen LogP contribution in [0.2, 0.25) is 0 Å². The van der Waals surface area contributed by atoms with Gasteiger partial charge in [0.25, 0.3) is 0 Å². The van der Waals surface area contributed by atoms with E-state index in [0.717, 1.165) is 25.2 Å².